The van der Waals surface area contributed by atoms with Gasteiger partial charge in [0.05, 0.1) is 11.5 Å². The number of carbonyl (C=O) groups is 2. The first-order valence-corrected chi connectivity index (χ1v) is 4.92. The molecule has 90 valence electrons. The zero-order valence-corrected chi connectivity index (χ0v) is 9.43. The van der Waals surface area contributed by atoms with Crippen molar-refractivity contribution < 1.29 is 19.2 Å². The van der Waals surface area contributed by atoms with Crippen LogP contribution in [0.1, 0.15) is 33.2 Å². The van der Waals surface area contributed by atoms with Gasteiger partial charge in [0.1, 0.15) is 5.56 Å². The Morgan fingerprint density at radius 2 is 2.18 bits per heavy atom. The molecule has 0 amide bonds. The van der Waals surface area contributed by atoms with Crippen molar-refractivity contribution in [1.29, 1.82) is 0 Å². The Morgan fingerprint density at radius 3 is 2.65 bits per heavy atom. The fourth-order valence-electron chi connectivity index (χ4n) is 1.46. The number of nitro benzene ring substituents is 1. The van der Waals surface area contributed by atoms with Crippen LogP contribution in [0.25, 0.3) is 0 Å². The molecule has 0 N–H and O–H groups in total. The summed E-state index contributed by atoms with van der Waals surface area (Å²) < 4.78 is 4.70. The summed E-state index contributed by atoms with van der Waals surface area (Å²) in [6.45, 7) is 3.27. The lowest BCUT2D eigenvalue weighted by Crippen LogP contribution is -2.11. The van der Waals surface area contributed by atoms with Crippen LogP contribution in [0.5, 0.6) is 0 Å². The molecule has 17 heavy (non-hydrogen) atoms. The Labute approximate surface area is 97.3 Å². The molecule has 0 saturated carbocycles. The highest BCUT2D eigenvalue weighted by atomic mass is 16.6. The second-order valence-electron chi connectivity index (χ2n) is 3.34. The van der Waals surface area contributed by atoms with Gasteiger partial charge in [-0.2, -0.15) is 0 Å². The number of nitrogens with zero attached hydrogens (tertiary/aromatic N) is 1. The van der Waals surface area contributed by atoms with Crippen LogP contribution in [-0.2, 0) is 4.74 Å². The lowest BCUT2D eigenvalue weighted by atomic mass is 10.0. The summed E-state index contributed by atoms with van der Waals surface area (Å²) >= 11 is 0. The molecule has 0 heterocycles. The zero-order valence-electron chi connectivity index (χ0n) is 9.43. The highest BCUT2D eigenvalue weighted by Gasteiger charge is 2.25. The van der Waals surface area contributed by atoms with E-state index in [-0.39, 0.29) is 17.7 Å². The number of nitro groups is 1. The first-order valence-electron chi connectivity index (χ1n) is 4.92. The fourth-order valence-corrected chi connectivity index (χ4v) is 1.46. The van der Waals surface area contributed by atoms with E-state index in [1.165, 1.54) is 12.1 Å². The first kappa shape index (κ1) is 12.8. The fraction of sp³-hybridized carbons (Fsp3) is 0.273. The summed E-state index contributed by atoms with van der Waals surface area (Å²) in [7, 11) is 0. The van der Waals surface area contributed by atoms with Gasteiger partial charge in [0.25, 0.3) is 5.69 Å². The number of hydrogen-bond donors (Lipinski definition) is 0. The number of esters is 1. The highest BCUT2D eigenvalue weighted by Crippen LogP contribution is 2.24. The van der Waals surface area contributed by atoms with Crippen molar-refractivity contribution in [2.75, 3.05) is 6.61 Å². The van der Waals surface area contributed by atoms with Gasteiger partial charge in [0.15, 0.2) is 6.29 Å². The largest absolute Gasteiger partial charge is 0.462 e. The zero-order chi connectivity index (χ0) is 13.0. The Kier molecular flexibility index (Phi) is 3.92. The van der Waals surface area contributed by atoms with Gasteiger partial charge in [0.2, 0.25) is 0 Å². The van der Waals surface area contributed by atoms with Crippen molar-refractivity contribution >= 4 is 17.9 Å². The molecule has 0 unspecified atom stereocenters. The Morgan fingerprint density at radius 1 is 1.53 bits per heavy atom. The minimum Gasteiger partial charge on any atom is -0.462 e. The normalized spacial score (nSPS) is 9.76. The molecule has 1 aromatic rings. The lowest BCUT2D eigenvalue weighted by molar-refractivity contribution is -0.385. The van der Waals surface area contributed by atoms with Gasteiger partial charge in [-0.1, -0.05) is 0 Å². The summed E-state index contributed by atoms with van der Waals surface area (Å²) in [5, 5.41) is 10.8. The number of benzene rings is 1. The SMILES string of the molecule is CCOC(=O)c1c(C=O)cc(C)cc1[N+](=O)[O-]. The molecular weight excluding hydrogens is 226 g/mol. The smallest absolute Gasteiger partial charge is 0.345 e. The molecule has 0 spiro atoms. The number of ether oxygens (including phenoxy) is 1. The summed E-state index contributed by atoms with van der Waals surface area (Å²) in [5.74, 6) is -0.860. The molecule has 1 aromatic carbocycles. The Balaban J connectivity index is 3.47. The third-order valence-corrected chi connectivity index (χ3v) is 2.10. The van der Waals surface area contributed by atoms with Crippen LogP contribution >= 0.6 is 0 Å². The molecule has 0 aliphatic rings. The summed E-state index contributed by atoms with van der Waals surface area (Å²) in [4.78, 5) is 32.5. The molecule has 0 aliphatic carbocycles. The predicted molar refractivity (Wildman–Crippen MR) is 59.2 cm³/mol. The third kappa shape index (κ3) is 2.66. The van der Waals surface area contributed by atoms with Crippen molar-refractivity contribution in [1.82, 2.24) is 0 Å². The van der Waals surface area contributed by atoms with E-state index in [1.807, 2.05) is 0 Å². The Hall–Kier alpha value is -2.24. The van der Waals surface area contributed by atoms with Gasteiger partial charge in [-0.05, 0) is 25.5 Å². The van der Waals surface area contributed by atoms with Gasteiger partial charge < -0.3 is 4.74 Å². The average Bonchev–Trinajstić information content (AvgIpc) is 2.27. The molecule has 0 atom stereocenters. The first-order chi connectivity index (χ1) is 8.01. The monoisotopic (exact) mass is 237 g/mol. The maximum atomic E-state index is 11.6. The quantitative estimate of drug-likeness (QED) is 0.345. The van der Waals surface area contributed by atoms with Crippen LogP contribution < -0.4 is 0 Å². The number of aryl methyl sites for hydroxylation is 1. The highest BCUT2D eigenvalue weighted by molar-refractivity contribution is 6.02. The van der Waals surface area contributed by atoms with Crippen molar-refractivity contribution in [2.45, 2.75) is 13.8 Å². The van der Waals surface area contributed by atoms with E-state index in [0.717, 1.165) is 0 Å². The molecule has 0 saturated heterocycles. The van der Waals surface area contributed by atoms with E-state index in [2.05, 4.69) is 0 Å². The van der Waals surface area contributed by atoms with Gasteiger partial charge >= 0.3 is 5.97 Å². The summed E-state index contributed by atoms with van der Waals surface area (Å²) in [6, 6.07) is 2.64. The molecule has 1 rings (SSSR count). The van der Waals surface area contributed by atoms with Crippen LogP contribution in [0.15, 0.2) is 12.1 Å². The maximum Gasteiger partial charge on any atom is 0.345 e. The number of carbonyl (C=O) groups excluding carboxylic acids is 2. The summed E-state index contributed by atoms with van der Waals surface area (Å²) in [5.41, 5.74) is -0.204. The minimum absolute atomic E-state index is 0.0323. The second-order valence-corrected chi connectivity index (χ2v) is 3.34. The van der Waals surface area contributed by atoms with E-state index in [1.54, 1.807) is 13.8 Å². The molecule has 0 aliphatic heterocycles. The lowest BCUT2D eigenvalue weighted by Gasteiger charge is -2.06. The van der Waals surface area contributed by atoms with Gasteiger partial charge in [0, 0.05) is 11.6 Å². The van der Waals surface area contributed by atoms with Crippen molar-refractivity contribution in [2.24, 2.45) is 0 Å². The maximum absolute atomic E-state index is 11.6. The molecule has 0 radical (unpaired) electrons. The van der Waals surface area contributed by atoms with E-state index < -0.39 is 16.6 Å². The number of hydrogen-bond acceptors (Lipinski definition) is 5. The van der Waals surface area contributed by atoms with Crippen LogP contribution in [-0.4, -0.2) is 23.8 Å². The van der Waals surface area contributed by atoms with Crippen molar-refractivity contribution in [3.05, 3.63) is 38.9 Å². The molecular formula is C11H11NO5. The van der Waals surface area contributed by atoms with Crippen LogP contribution in [0.4, 0.5) is 5.69 Å². The van der Waals surface area contributed by atoms with Crippen LogP contribution in [0, 0.1) is 17.0 Å². The van der Waals surface area contributed by atoms with Crippen molar-refractivity contribution in [3.8, 4) is 0 Å². The van der Waals surface area contributed by atoms with Gasteiger partial charge in [-0.15, -0.1) is 0 Å². The molecule has 0 aromatic heterocycles. The molecule has 6 nitrogen and oxygen atoms in total. The van der Waals surface area contributed by atoms with E-state index in [9.17, 15) is 19.7 Å². The van der Waals surface area contributed by atoms with E-state index in [4.69, 9.17) is 4.74 Å². The second kappa shape index (κ2) is 5.20. The number of aldehydes is 1. The number of rotatable bonds is 4. The average molecular weight is 237 g/mol. The third-order valence-electron chi connectivity index (χ3n) is 2.10. The standard InChI is InChI=1S/C11H11NO5/c1-3-17-11(14)10-8(6-13)4-7(2)5-9(10)12(15)16/h4-6H,3H2,1-2H3. The predicted octanol–water partition coefficient (Wildman–Crippen LogP) is 1.89. The van der Waals surface area contributed by atoms with Crippen LogP contribution in [0.3, 0.4) is 0 Å². The topological polar surface area (TPSA) is 86.5 Å². The molecule has 0 bridgehead atoms. The van der Waals surface area contributed by atoms with E-state index in [0.29, 0.717) is 11.8 Å². The van der Waals surface area contributed by atoms with Crippen LogP contribution in [0.2, 0.25) is 0 Å². The van der Waals surface area contributed by atoms with E-state index >= 15 is 0 Å². The summed E-state index contributed by atoms with van der Waals surface area (Å²) in [6.07, 6.45) is 0.409. The van der Waals surface area contributed by atoms with Gasteiger partial charge in [-0.25, -0.2) is 4.79 Å². The minimum atomic E-state index is -0.860. The van der Waals surface area contributed by atoms with Crippen molar-refractivity contribution in [3.63, 3.8) is 0 Å². The van der Waals surface area contributed by atoms with Gasteiger partial charge in [-0.3, -0.25) is 14.9 Å². The molecule has 0 fully saturated rings. The Bertz CT molecular complexity index is 481. The molecule has 6 heteroatoms.